The molecule has 0 unspecified atom stereocenters. The Bertz CT molecular complexity index is 326. The highest BCUT2D eigenvalue weighted by Crippen LogP contribution is 2.30. The van der Waals surface area contributed by atoms with E-state index in [1.807, 2.05) is 14.0 Å². The number of rotatable bonds is 1. The highest BCUT2D eigenvalue weighted by Gasteiger charge is 2.22. The predicted octanol–water partition coefficient (Wildman–Crippen LogP) is 1.20. The van der Waals surface area contributed by atoms with Crippen molar-refractivity contribution in [1.82, 2.24) is 9.78 Å². The summed E-state index contributed by atoms with van der Waals surface area (Å²) >= 11 is 0. The van der Waals surface area contributed by atoms with E-state index in [9.17, 15) is 0 Å². The van der Waals surface area contributed by atoms with Gasteiger partial charge >= 0.3 is 0 Å². The highest BCUT2D eigenvalue weighted by molar-refractivity contribution is 5.43. The standard InChI is InChI=1S/C10H17N3O/c1-7-9(12-13(2)10(7)11)8-3-5-14-6-4-8/h8H,3-6,11H2,1-2H3. The highest BCUT2D eigenvalue weighted by atomic mass is 16.5. The minimum Gasteiger partial charge on any atom is -0.384 e. The quantitative estimate of drug-likeness (QED) is 0.732. The number of nitrogens with zero attached hydrogens (tertiary/aromatic N) is 2. The smallest absolute Gasteiger partial charge is 0.124 e. The molecule has 1 aromatic heterocycles. The molecule has 2 rings (SSSR count). The monoisotopic (exact) mass is 195 g/mol. The molecule has 1 saturated heterocycles. The van der Waals surface area contributed by atoms with Crippen LogP contribution in [0.5, 0.6) is 0 Å². The summed E-state index contributed by atoms with van der Waals surface area (Å²) in [6.45, 7) is 3.74. The van der Waals surface area contributed by atoms with E-state index in [1.165, 1.54) is 0 Å². The molecule has 4 heteroatoms. The zero-order chi connectivity index (χ0) is 10.1. The van der Waals surface area contributed by atoms with Gasteiger partial charge in [-0.05, 0) is 19.8 Å². The predicted molar refractivity (Wildman–Crippen MR) is 55.2 cm³/mol. The summed E-state index contributed by atoms with van der Waals surface area (Å²) in [5, 5.41) is 4.47. The van der Waals surface area contributed by atoms with Gasteiger partial charge in [0.2, 0.25) is 0 Å². The van der Waals surface area contributed by atoms with Crippen molar-refractivity contribution in [3.63, 3.8) is 0 Å². The third-order valence-electron chi connectivity index (χ3n) is 2.98. The molecule has 0 aromatic carbocycles. The summed E-state index contributed by atoms with van der Waals surface area (Å²) in [6.07, 6.45) is 2.13. The molecule has 1 aliphatic rings. The minimum atomic E-state index is 0.534. The number of ether oxygens (including phenoxy) is 1. The summed E-state index contributed by atoms with van der Waals surface area (Å²) in [5.41, 5.74) is 8.18. The maximum absolute atomic E-state index is 5.88. The molecule has 0 bridgehead atoms. The molecule has 1 aromatic rings. The van der Waals surface area contributed by atoms with Crippen LogP contribution in [0.15, 0.2) is 0 Å². The molecule has 0 amide bonds. The van der Waals surface area contributed by atoms with Crippen molar-refractivity contribution in [3.05, 3.63) is 11.3 Å². The van der Waals surface area contributed by atoms with Crippen LogP contribution in [-0.4, -0.2) is 23.0 Å². The van der Waals surface area contributed by atoms with Crippen molar-refractivity contribution in [2.45, 2.75) is 25.7 Å². The molecular weight excluding hydrogens is 178 g/mol. The number of anilines is 1. The summed E-state index contributed by atoms with van der Waals surface area (Å²) in [4.78, 5) is 0. The molecule has 1 fully saturated rings. The first-order valence-electron chi connectivity index (χ1n) is 5.07. The van der Waals surface area contributed by atoms with Gasteiger partial charge in [-0.3, -0.25) is 4.68 Å². The van der Waals surface area contributed by atoms with E-state index in [4.69, 9.17) is 10.5 Å². The molecule has 0 spiro atoms. The SMILES string of the molecule is Cc1c(C2CCOCC2)nn(C)c1N. The van der Waals surface area contributed by atoms with E-state index in [0.717, 1.165) is 43.1 Å². The Balaban J connectivity index is 2.26. The van der Waals surface area contributed by atoms with E-state index in [1.54, 1.807) is 4.68 Å². The fraction of sp³-hybridized carbons (Fsp3) is 0.700. The first kappa shape index (κ1) is 9.52. The largest absolute Gasteiger partial charge is 0.384 e. The van der Waals surface area contributed by atoms with Gasteiger partial charge in [-0.25, -0.2) is 0 Å². The van der Waals surface area contributed by atoms with Crippen LogP contribution in [0, 0.1) is 6.92 Å². The van der Waals surface area contributed by atoms with Crippen molar-refractivity contribution in [3.8, 4) is 0 Å². The van der Waals surface area contributed by atoms with Crippen LogP contribution < -0.4 is 5.73 Å². The van der Waals surface area contributed by atoms with Crippen molar-refractivity contribution in [1.29, 1.82) is 0 Å². The maximum Gasteiger partial charge on any atom is 0.124 e. The number of aryl methyl sites for hydroxylation is 1. The normalized spacial score (nSPS) is 18.7. The fourth-order valence-corrected chi connectivity index (χ4v) is 2.02. The summed E-state index contributed by atoms with van der Waals surface area (Å²) in [6, 6.07) is 0. The van der Waals surface area contributed by atoms with E-state index in [-0.39, 0.29) is 0 Å². The van der Waals surface area contributed by atoms with E-state index in [2.05, 4.69) is 5.10 Å². The lowest BCUT2D eigenvalue weighted by molar-refractivity contribution is 0.0843. The topological polar surface area (TPSA) is 53.1 Å². The van der Waals surface area contributed by atoms with E-state index < -0.39 is 0 Å². The van der Waals surface area contributed by atoms with Crippen molar-refractivity contribution in [2.24, 2.45) is 7.05 Å². The van der Waals surface area contributed by atoms with E-state index in [0.29, 0.717) is 5.92 Å². The van der Waals surface area contributed by atoms with Crippen LogP contribution >= 0.6 is 0 Å². The van der Waals surface area contributed by atoms with Gasteiger partial charge in [0.1, 0.15) is 5.82 Å². The third kappa shape index (κ3) is 1.50. The van der Waals surface area contributed by atoms with E-state index >= 15 is 0 Å². The summed E-state index contributed by atoms with van der Waals surface area (Å²) in [7, 11) is 1.89. The molecule has 4 nitrogen and oxygen atoms in total. The second kappa shape index (κ2) is 3.61. The average Bonchev–Trinajstić information content (AvgIpc) is 2.47. The molecule has 0 atom stereocenters. The number of nitrogen functional groups attached to an aromatic ring is 1. The Kier molecular flexibility index (Phi) is 2.46. The number of nitrogens with two attached hydrogens (primary N) is 1. The number of aromatic nitrogens is 2. The van der Waals surface area contributed by atoms with Crippen LogP contribution in [0.25, 0.3) is 0 Å². The lowest BCUT2D eigenvalue weighted by Crippen LogP contribution is -2.15. The summed E-state index contributed by atoms with van der Waals surface area (Å²) in [5.74, 6) is 1.32. The van der Waals surface area contributed by atoms with Gasteiger partial charge in [0, 0.05) is 31.7 Å². The number of hydrogen-bond donors (Lipinski definition) is 1. The molecule has 1 aliphatic heterocycles. The third-order valence-corrected chi connectivity index (χ3v) is 2.98. The number of hydrogen-bond acceptors (Lipinski definition) is 3. The van der Waals surface area contributed by atoms with Crippen LogP contribution in [0.1, 0.15) is 30.0 Å². The Morgan fingerprint density at radius 3 is 2.57 bits per heavy atom. The van der Waals surface area contributed by atoms with Gasteiger partial charge in [0.05, 0.1) is 5.69 Å². The molecule has 2 heterocycles. The summed E-state index contributed by atoms with van der Waals surface area (Å²) < 4.78 is 7.10. The van der Waals surface area contributed by atoms with Crippen LogP contribution in [0.4, 0.5) is 5.82 Å². The van der Waals surface area contributed by atoms with Gasteiger partial charge < -0.3 is 10.5 Å². The fourth-order valence-electron chi connectivity index (χ4n) is 2.02. The zero-order valence-electron chi connectivity index (χ0n) is 8.79. The van der Waals surface area contributed by atoms with Crippen molar-refractivity contribution in [2.75, 3.05) is 18.9 Å². The first-order valence-corrected chi connectivity index (χ1v) is 5.07. The van der Waals surface area contributed by atoms with Crippen LogP contribution in [0.3, 0.4) is 0 Å². The van der Waals surface area contributed by atoms with Crippen LogP contribution in [-0.2, 0) is 11.8 Å². The Morgan fingerprint density at radius 1 is 1.43 bits per heavy atom. The Labute approximate surface area is 84.0 Å². The second-order valence-electron chi connectivity index (χ2n) is 3.91. The van der Waals surface area contributed by atoms with Gasteiger partial charge in [0.15, 0.2) is 0 Å². The Morgan fingerprint density at radius 2 is 2.07 bits per heavy atom. The van der Waals surface area contributed by atoms with Crippen molar-refractivity contribution < 1.29 is 4.74 Å². The molecule has 0 radical (unpaired) electrons. The molecule has 2 N–H and O–H groups in total. The lowest BCUT2D eigenvalue weighted by Gasteiger charge is -2.20. The van der Waals surface area contributed by atoms with Gasteiger partial charge in [-0.1, -0.05) is 0 Å². The Hall–Kier alpha value is -1.03. The van der Waals surface area contributed by atoms with Gasteiger partial charge in [-0.15, -0.1) is 0 Å². The van der Waals surface area contributed by atoms with Crippen LogP contribution in [0.2, 0.25) is 0 Å². The maximum atomic E-state index is 5.88. The van der Waals surface area contributed by atoms with Gasteiger partial charge in [-0.2, -0.15) is 5.10 Å². The molecule has 14 heavy (non-hydrogen) atoms. The minimum absolute atomic E-state index is 0.534. The molecule has 78 valence electrons. The van der Waals surface area contributed by atoms with Crippen molar-refractivity contribution >= 4 is 5.82 Å². The molecule has 0 aliphatic carbocycles. The zero-order valence-corrected chi connectivity index (χ0v) is 8.79. The molecular formula is C10H17N3O. The first-order chi connectivity index (χ1) is 6.70. The average molecular weight is 195 g/mol. The lowest BCUT2D eigenvalue weighted by atomic mass is 9.94. The van der Waals surface area contributed by atoms with Gasteiger partial charge in [0.25, 0.3) is 0 Å². The second-order valence-corrected chi connectivity index (χ2v) is 3.91. The molecule has 0 saturated carbocycles.